The van der Waals surface area contributed by atoms with E-state index >= 15 is 0 Å². The summed E-state index contributed by atoms with van der Waals surface area (Å²) in [6.45, 7) is 2.69. The lowest BCUT2D eigenvalue weighted by molar-refractivity contribution is 0.0156. The van der Waals surface area contributed by atoms with Crippen LogP contribution in [-0.4, -0.2) is 16.0 Å². The van der Waals surface area contributed by atoms with Crippen LogP contribution in [0.5, 0.6) is 0 Å². The summed E-state index contributed by atoms with van der Waals surface area (Å²) in [4.78, 5) is 21.6. The molecule has 7 heteroatoms. The molecule has 0 atom stereocenters. The molecule has 0 saturated carbocycles. The minimum absolute atomic E-state index is 0.116. The quantitative estimate of drug-likeness (QED) is 0.606. The van der Waals surface area contributed by atoms with Gasteiger partial charge in [0.1, 0.15) is 6.61 Å². The Morgan fingerprint density at radius 2 is 2.00 bits per heavy atom. The molecule has 134 valence electrons. The van der Waals surface area contributed by atoms with Gasteiger partial charge in [-0.1, -0.05) is 24.2 Å². The van der Waals surface area contributed by atoms with E-state index in [0.29, 0.717) is 17.9 Å². The zero-order chi connectivity index (χ0) is 18.2. The van der Waals surface area contributed by atoms with E-state index in [-0.39, 0.29) is 12.5 Å². The zero-order valence-corrected chi connectivity index (χ0v) is 14.4. The van der Waals surface area contributed by atoms with Crippen LogP contribution >= 0.6 is 0 Å². The molecular formula is C19H20N4O3. The van der Waals surface area contributed by atoms with Gasteiger partial charge < -0.3 is 9.84 Å². The second-order valence-electron chi connectivity index (χ2n) is 5.61. The highest BCUT2D eigenvalue weighted by Crippen LogP contribution is 2.16. The van der Waals surface area contributed by atoms with Gasteiger partial charge in [0.05, 0.1) is 11.3 Å². The number of aryl methyl sites for hydroxylation is 1. The highest BCUT2D eigenvalue weighted by Gasteiger charge is 2.11. The van der Waals surface area contributed by atoms with Crippen molar-refractivity contribution in [1.29, 1.82) is 0 Å². The number of rotatable bonds is 8. The Morgan fingerprint density at radius 3 is 2.77 bits per heavy atom. The van der Waals surface area contributed by atoms with Crippen molar-refractivity contribution in [3.05, 3.63) is 77.4 Å². The zero-order valence-electron chi connectivity index (χ0n) is 14.4. The maximum Gasteiger partial charge on any atom is 0.276 e. The number of benzene rings is 1. The number of hydroxylamine groups is 1. The van der Waals surface area contributed by atoms with Crippen LogP contribution in [-0.2, 0) is 24.4 Å². The van der Waals surface area contributed by atoms with Crippen LogP contribution in [0.4, 0.5) is 5.69 Å². The molecule has 7 nitrogen and oxygen atoms in total. The van der Waals surface area contributed by atoms with Gasteiger partial charge in [-0.15, -0.1) is 0 Å². The fourth-order valence-electron chi connectivity index (χ4n) is 2.35. The molecule has 2 aromatic heterocycles. The molecule has 1 aromatic carbocycles. The number of pyridine rings is 1. The molecule has 2 N–H and O–H groups in total. The van der Waals surface area contributed by atoms with E-state index < -0.39 is 0 Å². The second kappa shape index (κ2) is 8.77. The number of hydrogen-bond acceptors (Lipinski definition) is 6. The Labute approximate surface area is 151 Å². The molecule has 2 heterocycles. The summed E-state index contributed by atoms with van der Waals surface area (Å²) in [5, 5.41) is 7.13. The van der Waals surface area contributed by atoms with Gasteiger partial charge in [-0.3, -0.25) is 14.6 Å². The van der Waals surface area contributed by atoms with Crippen LogP contribution < -0.4 is 10.8 Å². The number of hydrogen-bond donors (Lipinski definition) is 2. The van der Waals surface area contributed by atoms with Gasteiger partial charge in [-0.25, -0.2) is 5.48 Å². The normalized spacial score (nSPS) is 10.5. The number of anilines is 1. The van der Waals surface area contributed by atoms with Crippen molar-refractivity contribution >= 4 is 11.6 Å². The Bertz CT molecular complexity index is 849. The summed E-state index contributed by atoms with van der Waals surface area (Å²) in [7, 11) is 0. The van der Waals surface area contributed by atoms with Crippen molar-refractivity contribution < 1.29 is 14.2 Å². The van der Waals surface area contributed by atoms with E-state index in [1.165, 1.54) is 0 Å². The first-order valence-corrected chi connectivity index (χ1v) is 8.34. The fourth-order valence-corrected chi connectivity index (χ4v) is 2.35. The van der Waals surface area contributed by atoms with E-state index in [4.69, 9.17) is 9.36 Å². The molecule has 3 rings (SSSR count). The topological polar surface area (TPSA) is 89.3 Å². The van der Waals surface area contributed by atoms with Crippen molar-refractivity contribution in [3.8, 4) is 0 Å². The van der Waals surface area contributed by atoms with E-state index in [1.54, 1.807) is 30.6 Å². The molecular weight excluding hydrogens is 332 g/mol. The molecule has 0 aliphatic carbocycles. The predicted molar refractivity (Wildman–Crippen MR) is 96.1 cm³/mol. The van der Waals surface area contributed by atoms with Crippen LogP contribution in [0, 0.1) is 0 Å². The van der Waals surface area contributed by atoms with Crippen LogP contribution in [0.15, 0.2) is 59.4 Å². The lowest BCUT2D eigenvalue weighted by atomic mass is 10.1. The van der Waals surface area contributed by atoms with Gasteiger partial charge >= 0.3 is 0 Å². The third-order valence-electron chi connectivity index (χ3n) is 3.75. The lowest BCUT2D eigenvalue weighted by Gasteiger charge is -2.12. The van der Waals surface area contributed by atoms with Gasteiger partial charge in [0.15, 0.2) is 5.76 Å². The Balaban J connectivity index is 1.56. The summed E-state index contributed by atoms with van der Waals surface area (Å²) in [6.07, 6.45) is 4.25. The molecule has 0 fully saturated rings. The average Bonchev–Trinajstić information content (AvgIpc) is 3.15. The van der Waals surface area contributed by atoms with Crippen molar-refractivity contribution in [2.24, 2.45) is 0 Å². The summed E-state index contributed by atoms with van der Waals surface area (Å²) in [5.41, 5.74) is 5.57. The molecule has 3 aromatic rings. The number of carbonyl (C=O) groups excluding carboxylic acids is 1. The van der Waals surface area contributed by atoms with Crippen molar-refractivity contribution in [2.75, 3.05) is 5.32 Å². The highest BCUT2D eigenvalue weighted by molar-refractivity contribution is 5.98. The number of nitrogens with one attached hydrogen (secondary N) is 2. The number of para-hydroxylation sites is 1. The minimum atomic E-state index is -0.335. The molecule has 0 bridgehead atoms. The lowest BCUT2D eigenvalue weighted by Crippen LogP contribution is -2.24. The monoisotopic (exact) mass is 352 g/mol. The SMILES string of the molecule is CCc1cc(CONC(=O)c2ccccc2NCc2ccncc2)on1. The van der Waals surface area contributed by atoms with Gasteiger partial charge in [0.25, 0.3) is 5.91 Å². The van der Waals surface area contributed by atoms with Gasteiger partial charge in [0, 0.05) is 30.7 Å². The van der Waals surface area contributed by atoms with E-state index in [1.807, 2.05) is 31.2 Å². The average molecular weight is 352 g/mol. The summed E-state index contributed by atoms with van der Waals surface area (Å²) < 4.78 is 5.11. The Morgan fingerprint density at radius 1 is 1.19 bits per heavy atom. The third-order valence-corrected chi connectivity index (χ3v) is 3.75. The van der Waals surface area contributed by atoms with Gasteiger partial charge in [-0.2, -0.15) is 0 Å². The van der Waals surface area contributed by atoms with Gasteiger partial charge in [-0.05, 0) is 36.2 Å². The largest absolute Gasteiger partial charge is 0.380 e. The van der Waals surface area contributed by atoms with Crippen LogP contribution in [0.2, 0.25) is 0 Å². The number of carbonyl (C=O) groups is 1. The fraction of sp³-hybridized carbons (Fsp3) is 0.211. The molecule has 0 radical (unpaired) electrons. The molecule has 1 amide bonds. The van der Waals surface area contributed by atoms with Crippen LogP contribution in [0.25, 0.3) is 0 Å². The first kappa shape index (κ1) is 17.6. The standard InChI is InChI=1S/C19H20N4O3/c1-2-15-11-16(26-22-15)13-25-23-19(24)17-5-3-4-6-18(17)21-12-14-7-9-20-10-8-14/h3-11,21H,2,12-13H2,1H3,(H,23,24). The van der Waals surface area contributed by atoms with E-state index in [9.17, 15) is 4.79 Å². The first-order valence-electron chi connectivity index (χ1n) is 8.34. The van der Waals surface area contributed by atoms with E-state index in [2.05, 4.69) is 20.9 Å². The summed E-state index contributed by atoms with van der Waals surface area (Å²) in [5.74, 6) is 0.226. The van der Waals surface area contributed by atoms with Crippen molar-refractivity contribution in [3.63, 3.8) is 0 Å². The smallest absolute Gasteiger partial charge is 0.276 e. The maximum atomic E-state index is 12.4. The molecule has 0 spiro atoms. The maximum absolute atomic E-state index is 12.4. The minimum Gasteiger partial charge on any atom is -0.380 e. The first-order chi connectivity index (χ1) is 12.8. The Hall–Kier alpha value is -3.19. The van der Waals surface area contributed by atoms with Crippen LogP contribution in [0.3, 0.4) is 0 Å². The second-order valence-corrected chi connectivity index (χ2v) is 5.61. The number of amides is 1. The van der Waals surface area contributed by atoms with Crippen LogP contribution in [0.1, 0.15) is 34.3 Å². The number of nitrogens with zero attached hydrogens (tertiary/aromatic N) is 2. The number of aromatic nitrogens is 2. The molecule has 26 heavy (non-hydrogen) atoms. The molecule has 0 aliphatic heterocycles. The van der Waals surface area contributed by atoms with Crippen molar-refractivity contribution in [2.45, 2.75) is 26.5 Å². The Kier molecular flexibility index (Phi) is 5.95. The molecule has 0 unspecified atom stereocenters. The third kappa shape index (κ3) is 4.67. The highest BCUT2D eigenvalue weighted by atomic mass is 16.7. The van der Waals surface area contributed by atoms with Crippen molar-refractivity contribution in [1.82, 2.24) is 15.6 Å². The summed E-state index contributed by atoms with van der Waals surface area (Å²) >= 11 is 0. The van der Waals surface area contributed by atoms with Gasteiger partial charge in [0.2, 0.25) is 0 Å². The molecule has 0 aliphatic rings. The van der Waals surface area contributed by atoms with E-state index in [0.717, 1.165) is 23.4 Å². The predicted octanol–water partition coefficient (Wildman–Crippen LogP) is 3.11. The summed E-state index contributed by atoms with van der Waals surface area (Å²) in [6, 6.07) is 12.9. The molecule has 0 saturated heterocycles.